The summed E-state index contributed by atoms with van der Waals surface area (Å²) in [6.45, 7) is 0.545. The molecule has 2 aromatic rings. The summed E-state index contributed by atoms with van der Waals surface area (Å²) in [6, 6.07) is 7.10. The lowest BCUT2D eigenvalue weighted by Gasteiger charge is -2.03. The van der Waals surface area contributed by atoms with E-state index >= 15 is 0 Å². The minimum atomic E-state index is -0.153. The van der Waals surface area contributed by atoms with Gasteiger partial charge in [0, 0.05) is 16.9 Å². The van der Waals surface area contributed by atoms with Crippen molar-refractivity contribution in [3.8, 4) is 5.75 Å². The normalized spacial score (nSPS) is 10.4. The van der Waals surface area contributed by atoms with Crippen molar-refractivity contribution < 1.29 is 14.6 Å². The molecule has 0 fully saturated rings. The van der Waals surface area contributed by atoms with Gasteiger partial charge in [-0.25, -0.2) is 4.98 Å². The van der Waals surface area contributed by atoms with Gasteiger partial charge in [-0.15, -0.1) is 11.3 Å². The van der Waals surface area contributed by atoms with Crippen molar-refractivity contribution >= 4 is 28.8 Å². The number of aromatic nitrogens is 1. The highest BCUT2D eigenvalue weighted by atomic mass is 35.5. The maximum atomic E-state index is 11.5. The predicted molar refractivity (Wildman–Crippen MR) is 81.7 cm³/mol. The second-order valence-corrected chi connectivity index (χ2v) is 5.60. The summed E-state index contributed by atoms with van der Waals surface area (Å²) in [5.74, 6) is 0.566. The van der Waals surface area contributed by atoms with Gasteiger partial charge < -0.3 is 15.2 Å². The Balaban J connectivity index is 1.82. The molecule has 21 heavy (non-hydrogen) atoms. The number of benzene rings is 1. The standard InChI is InChI=1S/C14H15ClN2O3S/c15-10-1-3-12(4-2-10)20-8-14-17-11(9-21-14)7-13(19)16-5-6-18/h1-4,9,18H,5-8H2,(H,16,19). The quantitative estimate of drug-likeness (QED) is 0.816. The minimum absolute atomic E-state index is 0.0665. The van der Waals surface area contributed by atoms with Crippen LogP contribution in [-0.4, -0.2) is 29.1 Å². The first-order chi connectivity index (χ1) is 10.2. The molecule has 0 saturated heterocycles. The van der Waals surface area contributed by atoms with Crippen LogP contribution in [0.4, 0.5) is 0 Å². The van der Waals surface area contributed by atoms with Crippen molar-refractivity contribution in [2.24, 2.45) is 0 Å². The number of aliphatic hydroxyl groups is 1. The number of carbonyl (C=O) groups is 1. The van der Waals surface area contributed by atoms with Gasteiger partial charge in [-0.1, -0.05) is 11.6 Å². The van der Waals surface area contributed by atoms with Crippen LogP contribution in [0.5, 0.6) is 5.75 Å². The molecule has 2 N–H and O–H groups in total. The van der Waals surface area contributed by atoms with Gasteiger partial charge in [-0.05, 0) is 24.3 Å². The second kappa shape index (κ2) is 7.97. The number of hydrogen-bond acceptors (Lipinski definition) is 5. The van der Waals surface area contributed by atoms with E-state index in [-0.39, 0.29) is 25.5 Å². The van der Waals surface area contributed by atoms with Crippen molar-refractivity contribution in [1.29, 1.82) is 0 Å². The topological polar surface area (TPSA) is 71.5 Å². The SMILES string of the molecule is O=C(Cc1csc(COc2ccc(Cl)cc2)n1)NCCO. The van der Waals surface area contributed by atoms with Crippen molar-refractivity contribution in [3.05, 3.63) is 45.4 Å². The molecule has 5 nitrogen and oxygen atoms in total. The molecule has 1 aromatic carbocycles. The van der Waals surface area contributed by atoms with E-state index in [9.17, 15) is 4.79 Å². The monoisotopic (exact) mass is 326 g/mol. The Morgan fingerprint density at radius 1 is 1.38 bits per heavy atom. The highest BCUT2D eigenvalue weighted by Crippen LogP contribution is 2.18. The molecule has 0 atom stereocenters. The lowest BCUT2D eigenvalue weighted by Crippen LogP contribution is -2.27. The van der Waals surface area contributed by atoms with Gasteiger partial charge in [-0.3, -0.25) is 4.79 Å². The van der Waals surface area contributed by atoms with Crippen molar-refractivity contribution in [1.82, 2.24) is 10.3 Å². The molecule has 0 bridgehead atoms. The Kier molecular flexibility index (Phi) is 5.98. The van der Waals surface area contributed by atoms with Crippen LogP contribution in [0.3, 0.4) is 0 Å². The number of thiazole rings is 1. The second-order valence-electron chi connectivity index (χ2n) is 4.23. The van der Waals surface area contributed by atoms with Gasteiger partial charge in [0.05, 0.1) is 18.7 Å². The van der Waals surface area contributed by atoms with Crippen LogP contribution in [0.1, 0.15) is 10.7 Å². The van der Waals surface area contributed by atoms with E-state index in [1.54, 1.807) is 24.3 Å². The third kappa shape index (κ3) is 5.34. The van der Waals surface area contributed by atoms with Gasteiger partial charge in [0.15, 0.2) is 0 Å². The van der Waals surface area contributed by atoms with Crippen LogP contribution in [0.15, 0.2) is 29.6 Å². The van der Waals surface area contributed by atoms with Gasteiger partial charge in [0.25, 0.3) is 0 Å². The van der Waals surface area contributed by atoms with Gasteiger partial charge >= 0.3 is 0 Å². The Hall–Kier alpha value is -1.63. The molecule has 1 heterocycles. The van der Waals surface area contributed by atoms with E-state index in [4.69, 9.17) is 21.4 Å². The molecule has 0 saturated carbocycles. The first-order valence-corrected chi connectivity index (χ1v) is 7.62. The number of halogens is 1. The van der Waals surface area contributed by atoms with Crippen LogP contribution < -0.4 is 10.1 Å². The van der Waals surface area contributed by atoms with Crippen molar-refractivity contribution in [2.45, 2.75) is 13.0 Å². The summed E-state index contributed by atoms with van der Waals surface area (Å²) in [6.07, 6.45) is 0.206. The van der Waals surface area contributed by atoms with E-state index in [1.165, 1.54) is 11.3 Å². The minimum Gasteiger partial charge on any atom is -0.486 e. The summed E-state index contributed by atoms with van der Waals surface area (Å²) in [4.78, 5) is 15.8. The lowest BCUT2D eigenvalue weighted by atomic mass is 10.3. The molecule has 0 aliphatic rings. The molecule has 2 rings (SSSR count). The Bertz CT molecular complexity index is 586. The Morgan fingerprint density at radius 2 is 2.14 bits per heavy atom. The number of hydrogen-bond donors (Lipinski definition) is 2. The van der Waals surface area contributed by atoms with Crippen molar-refractivity contribution in [3.63, 3.8) is 0 Å². The number of rotatable bonds is 7. The Labute approximate surface area is 131 Å². The number of carbonyl (C=O) groups excluding carboxylic acids is 1. The molecule has 1 amide bonds. The molecule has 1 aromatic heterocycles. The van der Waals surface area contributed by atoms with E-state index in [1.807, 2.05) is 5.38 Å². The Morgan fingerprint density at radius 3 is 2.86 bits per heavy atom. The fourth-order valence-electron chi connectivity index (χ4n) is 1.59. The van der Waals surface area contributed by atoms with Gasteiger partial charge in [-0.2, -0.15) is 0 Å². The summed E-state index contributed by atoms with van der Waals surface area (Å²) < 4.78 is 5.59. The van der Waals surface area contributed by atoms with E-state index < -0.39 is 0 Å². The fraction of sp³-hybridized carbons (Fsp3) is 0.286. The van der Waals surface area contributed by atoms with Crippen LogP contribution in [0.25, 0.3) is 0 Å². The highest BCUT2D eigenvalue weighted by molar-refractivity contribution is 7.09. The summed E-state index contributed by atoms with van der Waals surface area (Å²) in [5.41, 5.74) is 0.699. The summed E-state index contributed by atoms with van der Waals surface area (Å²) in [7, 11) is 0. The zero-order valence-corrected chi connectivity index (χ0v) is 12.8. The van der Waals surface area contributed by atoms with Crippen molar-refractivity contribution in [2.75, 3.05) is 13.2 Å². The number of ether oxygens (including phenoxy) is 1. The number of amides is 1. The summed E-state index contributed by atoms with van der Waals surface area (Å²) >= 11 is 7.24. The number of nitrogens with one attached hydrogen (secondary N) is 1. The zero-order chi connectivity index (χ0) is 15.1. The lowest BCUT2D eigenvalue weighted by molar-refractivity contribution is -0.120. The zero-order valence-electron chi connectivity index (χ0n) is 11.2. The molecule has 0 radical (unpaired) electrons. The van der Waals surface area contributed by atoms with Crippen LogP contribution in [0, 0.1) is 0 Å². The molecular formula is C14H15ClN2O3S. The maximum absolute atomic E-state index is 11.5. The molecular weight excluding hydrogens is 312 g/mol. The fourth-order valence-corrected chi connectivity index (χ4v) is 2.43. The first-order valence-electron chi connectivity index (χ1n) is 6.36. The molecule has 0 aliphatic carbocycles. The summed E-state index contributed by atoms with van der Waals surface area (Å²) in [5, 5.41) is 14.5. The average molecular weight is 327 g/mol. The molecule has 0 aliphatic heterocycles. The highest BCUT2D eigenvalue weighted by Gasteiger charge is 2.07. The maximum Gasteiger partial charge on any atom is 0.226 e. The number of aliphatic hydroxyl groups excluding tert-OH is 1. The van der Waals surface area contributed by atoms with Crippen LogP contribution in [0.2, 0.25) is 5.02 Å². The molecule has 7 heteroatoms. The molecule has 112 valence electrons. The van der Waals surface area contributed by atoms with Gasteiger partial charge in [0.2, 0.25) is 5.91 Å². The smallest absolute Gasteiger partial charge is 0.226 e. The average Bonchev–Trinajstić information content (AvgIpc) is 2.92. The number of nitrogens with zero attached hydrogens (tertiary/aromatic N) is 1. The third-order valence-corrected chi connectivity index (χ3v) is 3.67. The van der Waals surface area contributed by atoms with Crippen LogP contribution in [-0.2, 0) is 17.8 Å². The first kappa shape index (κ1) is 15.8. The van der Waals surface area contributed by atoms with E-state index in [0.29, 0.717) is 17.3 Å². The molecule has 0 spiro atoms. The largest absolute Gasteiger partial charge is 0.486 e. The predicted octanol–water partition coefficient (Wildman–Crippen LogP) is 2.03. The third-order valence-electron chi connectivity index (χ3n) is 2.55. The molecule has 0 unspecified atom stereocenters. The van der Waals surface area contributed by atoms with E-state index in [2.05, 4.69) is 10.3 Å². The van der Waals surface area contributed by atoms with Gasteiger partial charge in [0.1, 0.15) is 17.4 Å². The van der Waals surface area contributed by atoms with Crippen LogP contribution >= 0.6 is 22.9 Å². The van der Waals surface area contributed by atoms with E-state index in [0.717, 1.165) is 10.8 Å².